The van der Waals surface area contributed by atoms with Crippen molar-refractivity contribution in [2.45, 2.75) is 20.1 Å². The van der Waals surface area contributed by atoms with Gasteiger partial charge in [0, 0.05) is 27.3 Å². The Bertz CT molecular complexity index is 253. The van der Waals surface area contributed by atoms with Crippen LogP contribution >= 0.6 is 0 Å². The van der Waals surface area contributed by atoms with Gasteiger partial charge in [0.15, 0.2) is 6.29 Å². The van der Waals surface area contributed by atoms with Crippen LogP contribution in [-0.2, 0) is 9.47 Å². The molecule has 0 saturated heterocycles. The fourth-order valence-electron chi connectivity index (χ4n) is 1.10. The highest BCUT2D eigenvalue weighted by atomic mass is 16.7. The number of hydrogen-bond donors (Lipinski definition) is 1. The lowest BCUT2D eigenvalue weighted by Gasteiger charge is -2.14. The monoisotopic (exact) mass is 225 g/mol. The second-order valence-corrected chi connectivity index (χ2v) is 3.58. The number of allylic oxidation sites excluding steroid dienone is 3. The quantitative estimate of drug-likeness (QED) is 0.508. The van der Waals surface area contributed by atoms with Crippen LogP contribution in [0.2, 0.25) is 0 Å². The van der Waals surface area contributed by atoms with Gasteiger partial charge in [-0.1, -0.05) is 30.4 Å². The molecule has 0 atom stereocenters. The van der Waals surface area contributed by atoms with E-state index in [2.05, 4.69) is 24.0 Å². The maximum atomic E-state index is 5.08. The van der Waals surface area contributed by atoms with Gasteiger partial charge in [0.2, 0.25) is 0 Å². The minimum Gasteiger partial charge on any atom is -0.355 e. The predicted molar refractivity (Wildman–Crippen MR) is 68.4 cm³/mol. The number of ether oxygens (including phenoxy) is 2. The van der Waals surface area contributed by atoms with Gasteiger partial charge in [0.05, 0.1) is 0 Å². The van der Waals surface area contributed by atoms with Gasteiger partial charge in [-0.15, -0.1) is 0 Å². The Hall–Kier alpha value is -0.900. The van der Waals surface area contributed by atoms with Crippen molar-refractivity contribution in [3.8, 4) is 0 Å². The molecule has 0 bridgehead atoms. The van der Waals surface area contributed by atoms with Crippen molar-refractivity contribution in [1.29, 1.82) is 0 Å². The van der Waals surface area contributed by atoms with E-state index in [0.717, 1.165) is 12.1 Å². The first-order valence-corrected chi connectivity index (χ1v) is 5.39. The average molecular weight is 225 g/mol. The summed E-state index contributed by atoms with van der Waals surface area (Å²) in [4.78, 5) is 0. The van der Waals surface area contributed by atoms with Crippen LogP contribution in [-0.4, -0.2) is 33.6 Å². The zero-order chi connectivity index (χ0) is 12.4. The summed E-state index contributed by atoms with van der Waals surface area (Å²) in [6.45, 7) is 9.28. The van der Waals surface area contributed by atoms with Crippen LogP contribution in [0.1, 0.15) is 13.8 Å². The fraction of sp³-hybridized carbons (Fsp3) is 0.538. The van der Waals surface area contributed by atoms with Crippen molar-refractivity contribution in [3.63, 3.8) is 0 Å². The normalized spacial score (nSPS) is 12.7. The van der Waals surface area contributed by atoms with Crippen molar-refractivity contribution in [1.82, 2.24) is 5.32 Å². The first-order chi connectivity index (χ1) is 7.63. The molecule has 0 aliphatic heterocycles. The first-order valence-electron chi connectivity index (χ1n) is 5.39. The van der Waals surface area contributed by atoms with E-state index in [1.54, 1.807) is 14.2 Å². The summed E-state index contributed by atoms with van der Waals surface area (Å²) in [5.41, 5.74) is 2.26. The average Bonchev–Trinajstić information content (AvgIpc) is 2.28. The van der Waals surface area contributed by atoms with Gasteiger partial charge < -0.3 is 14.8 Å². The molecule has 3 nitrogen and oxygen atoms in total. The van der Waals surface area contributed by atoms with Crippen LogP contribution in [0.3, 0.4) is 0 Å². The maximum Gasteiger partial charge on any atom is 0.169 e. The third-order valence-electron chi connectivity index (χ3n) is 2.12. The molecule has 0 amide bonds. The summed E-state index contributed by atoms with van der Waals surface area (Å²) in [6.07, 6.45) is 5.94. The molecule has 0 fully saturated rings. The summed E-state index contributed by atoms with van der Waals surface area (Å²) in [5.74, 6) is 0. The van der Waals surface area contributed by atoms with Gasteiger partial charge in [-0.25, -0.2) is 0 Å². The maximum absolute atomic E-state index is 5.08. The topological polar surface area (TPSA) is 30.5 Å². The second-order valence-electron chi connectivity index (χ2n) is 3.58. The number of nitrogens with one attached hydrogen (secondary N) is 1. The molecule has 0 aliphatic carbocycles. The van der Waals surface area contributed by atoms with Crippen LogP contribution in [0, 0.1) is 0 Å². The molecular formula is C13H23NO2. The Morgan fingerprint density at radius 1 is 1.31 bits per heavy atom. The Labute approximate surface area is 98.8 Å². The van der Waals surface area contributed by atoms with E-state index in [1.807, 2.05) is 19.9 Å². The van der Waals surface area contributed by atoms with Gasteiger partial charge in [0.25, 0.3) is 0 Å². The molecule has 0 spiro atoms. The van der Waals surface area contributed by atoms with Crippen molar-refractivity contribution in [2.75, 3.05) is 27.3 Å². The smallest absolute Gasteiger partial charge is 0.169 e. The van der Waals surface area contributed by atoms with Crippen molar-refractivity contribution >= 4 is 0 Å². The number of hydrogen-bond acceptors (Lipinski definition) is 3. The first kappa shape index (κ1) is 15.1. The van der Waals surface area contributed by atoms with Crippen LogP contribution in [0.4, 0.5) is 0 Å². The lowest BCUT2D eigenvalue weighted by atomic mass is 10.2. The molecule has 1 N–H and O–H groups in total. The number of rotatable bonds is 8. The zero-order valence-electron chi connectivity index (χ0n) is 10.7. The predicted octanol–water partition coefficient (Wildman–Crippen LogP) is 2.27. The van der Waals surface area contributed by atoms with Gasteiger partial charge in [-0.2, -0.15) is 0 Å². The largest absolute Gasteiger partial charge is 0.355 e. The van der Waals surface area contributed by atoms with E-state index < -0.39 is 0 Å². The summed E-state index contributed by atoms with van der Waals surface area (Å²) in [5, 5.41) is 3.26. The van der Waals surface area contributed by atoms with Crippen molar-refractivity contribution in [2.24, 2.45) is 0 Å². The Balaban J connectivity index is 3.93. The highest BCUT2D eigenvalue weighted by molar-refractivity contribution is 5.25. The van der Waals surface area contributed by atoms with E-state index in [-0.39, 0.29) is 6.29 Å². The highest BCUT2D eigenvalue weighted by Gasteiger charge is 2.03. The van der Waals surface area contributed by atoms with Crippen LogP contribution in [0.5, 0.6) is 0 Å². The summed E-state index contributed by atoms with van der Waals surface area (Å²) in [7, 11) is 3.26. The second kappa shape index (κ2) is 9.33. The molecule has 16 heavy (non-hydrogen) atoms. The molecule has 0 heterocycles. The van der Waals surface area contributed by atoms with Crippen LogP contribution in [0.25, 0.3) is 0 Å². The molecule has 3 heteroatoms. The van der Waals surface area contributed by atoms with Gasteiger partial charge in [-0.3, -0.25) is 0 Å². The molecular weight excluding hydrogens is 202 g/mol. The van der Waals surface area contributed by atoms with E-state index >= 15 is 0 Å². The van der Waals surface area contributed by atoms with E-state index in [0.29, 0.717) is 6.54 Å². The van der Waals surface area contributed by atoms with Crippen molar-refractivity contribution < 1.29 is 9.47 Å². The molecule has 0 aromatic rings. The third-order valence-corrected chi connectivity index (χ3v) is 2.12. The highest BCUT2D eigenvalue weighted by Crippen LogP contribution is 1.99. The summed E-state index contributed by atoms with van der Waals surface area (Å²) < 4.78 is 10.2. The lowest BCUT2D eigenvalue weighted by Crippen LogP contribution is -2.30. The standard InChI is InChI=1S/C13H23NO2/c1-6-12(8-7-11(2)3)9-14-10-13(15-4)16-5/h6-8,13-14H,2,9-10H2,1,3-5H3/b8-7-,12-6+. The molecule has 0 unspecified atom stereocenters. The third kappa shape index (κ3) is 7.40. The molecule has 0 rings (SSSR count). The van der Waals surface area contributed by atoms with E-state index in [1.165, 1.54) is 5.57 Å². The number of methoxy groups -OCH3 is 2. The molecule has 92 valence electrons. The molecule has 0 aromatic carbocycles. The Kier molecular flexibility index (Phi) is 8.81. The van der Waals surface area contributed by atoms with Crippen molar-refractivity contribution in [3.05, 3.63) is 36.0 Å². The fourth-order valence-corrected chi connectivity index (χ4v) is 1.10. The van der Waals surface area contributed by atoms with Crippen LogP contribution < -0.4 is 5.32 Å². The van der Waals surface area contributed by atoms with Crippen LogP contribution in [0.15, 0.2) is 36.0 Å². The minimum absolute atomic E-state index is 0.191. The minimum atomic E-state index is -0.191. The molecule has 0 radical (unpaired) electrons. The van der Waals surface area contributed by atoms with E-state index in [9.17, 15) is 0 Å². The SMILES string of the molecule is C=C(C)/C=C\C(=C/C)CNCC(OC)OC. The molecule has 0 saturated carbocycles. The van der Waals surface area contributed by atoms with Gasteiger partial charge >= 0.3 is 0 Å². The Morgan fingerprint density at radius 2 is 1.94 bits per heavy atom. The van der Waals surface area contributed by atoms with Gasteiger partial charge in [-0.05, 0) is 19.4 Å². The summed E-state index contributed by atoms with van der Waals surface area (Å²) >= 11 is 0. The summed E-state index contributed by atoms with van der Waals surface area (Å²) in [6, 6.07) is 0. The molecule has 0 aliphatic rings. The zero-order valence-corrected chi connectivity index (χ0v) is 10.7. The van der Waals surface area contributed by atoms with Gasteiger partial charge in [0.1, 0.15) is 0 Å². The Morgan fingerprint density at radius 3 is 2.38 bits per heavy atom. The lowest BCUT2D eigenvalue weighted by molar-refractivity contribution is -0.0983. The van der Waals surface area contributed by atoms with E-state index in [4.69, 9.17) is 9.47 Å². The molecule has 0 aromatic heterocycles.